The van der Waals surface area contributed by atoms with Gasteiger partial charge in [0.15, 0.2) is 10.8 Å². The number of rotatable bonds is 7. The lowest BCUT2D eigenvalue weighted by Crippen LogP contribution is -2.12. The highest BCUT2D eigenvalue weighted by Crippen LogP contribution is 2.27. The van der Waals surface area contributed by atoms with Crippen LogP contribution in [0, 0.1) is 0 Å². The van der Waals surface area contributed by atoms with E-state index in [9.17, 15) is 9.59 Å². The van der Waals surface area contributed by atoms with E-state index in [1.807, 2.05) is 30.3 Å². The minimum atomic E-state index is -0.536. The molecule has 32 heavy (non-hydrogen) atoms. The van der Waals surface area contributed by atoms with Crippen LogP contribution in [0.2, 0.25) is 0 Å². The number of esters is 1. The number of benzene rings is 2. The van der Waals surface area contributed by atoms with Gasteiger partial charge in [-0.15, -0.1) is 11.3 Å². The largest absolute Gasteiger partial charge is 0.464 e. The average Bonchev–Trinajstić information content (AvgIpc) is 3.22. The van der Waals surface area contributed by atoms with Crippen molar-refractivity contribution in [3.8, 4) is 0 Å². The van der Waals surface area contributed by atoms with Crippen LogP contribution in [0.25, 0.3) is 0 Å². The first kappa shape index (κ1) is 21.1. The zero-order valence-corrected chi connectivity index (χ0v) is 17.9. The van der Waals surface area contributed by atoms with Gasteiger partial charge in [-0.05, 0) is 35.9 Å². The second-order valence-electron chi connectivity index (χ2n) is 6.67. The molecule has 8 nitrogen and oxygen atoms in total. The van der Waals surface area contributed by atoms with Crippen LogP contribution in [0.3, 0.4) is 0 Å². The predicted molar refractivity (Wildman–Crippen MR) is 122 cm³/mol. The van der Waals surface area contributed by atoms with Crippen LogP contribution in [0.1, 0.15) is 31.3 Å². The number of carbonyl (C=O) groups excluding carboxylic acids is 2. The van der Waals surface area contributed by atoms with Crippen molar-refractivity contribution in [2.75, 3.05) is 17.7 Å². The number of methoxy groups -OCH3 is 1. The number of amides is 1. The molecular weight excluding hydrogens is 426 g/mol. The molecule has 1 amide bonds. The van der Waals surface area contributed by atoms with Gasteiger partial charge in [-0.25, -0.2) is 19.7 Å². The van der Waals surface area contributed by atoms with Crippen LogP contribution < -0.4 is 10.6 Å². The summed E-state index contributed by atoms with van der Waals surface area (Å²) < 4.78 is 4.85. The van der Waals surface area contributed by atoms with Crippen molar-refractivity contribution < 1.29 is 14.3 Å². The third-order valence-corrected chi connectivity index (χ3v) is 5.44. The molecule has 0 aliphatic carbocycles. The van der Waals surface area contributed by atoms with E-state index >= 15 is 0 Å². The molecular formula is C23H19N5O3S. The summed E-state index contributed by atoms with van der Waals surface area (Å²) in [4.78, 5) is 38.1. The molecule has 0 atom stereocenters. The predicted octanol–water partition coefficient (Wildman–Crippen LogP) is 4.31. The highest BCUT2D eigenvalue weighted by Gasteiger charge is 2.20. The highest BCUT2D eigenvalue weighted by molar-refractivity contribution is 7.16. The smallest absolute Gasteiger partial charge is 0.357 e. The van der Waals surface area contributed by atoms with Gasteiger partial charge < -0.3 is 10.1 Å². The fourth-order valence-electron chi connectivity index (χ4n) is 2.93. The maximum absolute atomic E-state index is 12.7. The van der Waals surface area contributed by atoms with E-state index < -0.39 is 5.97 Å². The van der Waals surface area contributed by atoms with Crippen LogP contribution in [0.5, 0.6) is 0 Å². The number of anilines is 3. The maximum atomic E-state index is 12.7. The number of hydrogen-bond donors (Lipinski definition) is 2. The molecule has 0 aliphatic heterocycles. The second kappa shape index (κ2) is 9.80. The molecule has 0 fully saturated rings. The van der Waals surface area contributed by atoms with Crippen molar-refractivity contribution in [1.82, 2.24) is 15.0 Å². The van der Waals surface area contributed by atoms with Crippen molar-refractivity contribution in [2.45, 2.75) is 6.42 Å². The zero-order chi connectivity index (χ0) is 22.3. The summed E-state index contributed by atoms with van der Waals surface area (Å²) in [6.45, 7) is 0. The molecule has 0 aliphatic rings. The molecule has 2 N–H and O–H groups in total. The first-order valence-electron chi connectivity index (χ1n) is 9.70. The molecule has 0 unspecified atom stereocenters. The molecule has 2 aromatic carbocycles. The second-order valence-corrected chi connectivity index (χ2v) is 7.76. The fraction of sp³-hybridized carbons (Fsp3) is 0.0870. The Labute approximate surface area is 188 Å². The third kappa shape index (κ3) is 5.13. The van der Waals surface area contributed by atoms with Gasteiger partial charge in [0.2, 0.25) is 5.95 Å². The zero-order valence-electron chi connectivity index (χ0n) is 17.1. The SMILES string of the molecule is COC(=O)c1nc(NC(=O)c2ccc(Nc3ncccn3)cc2)sc1Cc1ccccc1. The summed E-state index contributed by atoms with van der Waals surface area (Å²) in [5, 5.41) is 6.16. The summed E-state index contributed by atoms with van der Waals surface area (Å²) in [5.41, 5.74) is 2.44. The molecule has 4 aromatic rings. The number of carbonyl (C=O) groups is 2. The number of hydrogen-bond acceptors (Lipinski definition) is 8. The van der Waals surface area contributed by atoms with Gasteiger partial charge >= 0.3 is 5.97 Å². The summed E-state index contributed by atoms with van der Waals surface area (Å²) in [6, 6.07) is 18.3. The molecule has 0 radical (unpaired) electrons. The monoisotopic (exact) mass is 445 g/mol. The van der Waals surface area contributed by atoms with Crippen LogP contribution in [-0.2, 0) is 11.2 Å². The Morgan fingerprint density at radius 2 is 1.69 bits per heavy atom. The summed E-state index contributed by atoms with van der Waals surface area (Å²) in [6.07, 6.45) is 3.79. The van der Waals surface area contributed by atoms with Gasteiger partial charge in [0.25, 0.3) is 5.91 Å². The highest BCUT2D eigenvalue weighted by atomic mass is 32.1. The van der Waals surface area contributed by atoms with Gasteiger partial charge in [0, 0.05) is 34.9 Å². The summed E-state index contributed by atoms with van der Waals surface area (Å²) in [7, 11) is 1.31. The topological polar surface area (TPSA) is 106 Å². The lowest BCUT2D eigenvalue weighted by Gasteiger charge is -2.06. The molecule has 9 heteroatoms. The van der Waals surface area contributed by atoms with E-state index in [1.54, 1.807) is 42.7 Å². The maximum Gasteiger partial charge on any atom is 0.357 e. The van der Waals surface area contributed by atoms with Crippen LogP contribution in [0.4, 0.5) is 16.8 Å². The molecule has 160 valence electrons. The van der Waals surface area contributed by atoms with Crippen molar-refractivity contribution in [1.29, 1.82) is 0 Å². The standard InChI is InChI=1S/C23H19N5O3S/c1-31-21(30)19-18(14-15-6-3-2-4-7-15)32-23(27-19)28-20(29)16-8-10-17(11-9-16)26-22-24-12-5-13-25-22/h2-13H,14H2,1H3,(H,24,25,26)(H,27,28,29). The van der Waals surface area contributed by atoms with Gasteiger partial charge in [-0.2, -0.15) is 0 Å². The minimum Gasteiger partial charge on any atom is -0.464 e. The molecule has 0 saturated heterocycles. The van der Waals surface area contributed by atoms with E-state index in [0.29, 0.717) is 23.1 Å². The fourth-order valence-corrected chi connectivity index (χ4v) is 3.91. The van der Waals surface area contributed by atoms with E-state index in [-0.39, 0.29) is 11.6 Å². The lowest BCUT2D eigenvalue weighted by atomic mass is 10.1. The third-order valence-electron chi connectivity index (χ3n) is 4.47. The van der Waals surface area contributed by atoms with Gasteiger partial charge in [-0.1, -0.05) is 30.3 Å². The Kier molecular flexibility index (Phi) is 6.47. The van der Waals surface area contributed by atoms with Crippen LogP contribution in [-0.4, -0.2) is 33.9 Å². The Balaban J connectivity index is 1.48. The van der Waals surface area contributed by atoms with Crippen molar-refractivity contribution in [3.05, 3.63) is 94.8 Å². The first-order valence-corrected chi connectivity index (χ1v) is 10.5. The minimum absolute atomic E-state index is 0.207. The average molecular weight is 446 g/mol. The quantitative estimate of drug-likeness (QED) is 0.408. The molecule has 0 saturated carbocycles. The Hall–Kier alpha value is -4.11. The van der Waals surface area contributed by atoms with Gasteiger partial charge in [0.05, 0.1) is 7.11 Å². The number of thiazole rings is 1. The van der Waals surface area contributed by atoms with Gasteiger partial charge in [-0.3, -0.25) is 10.1 Å². The van der Waals surface area contributed by atoms with E-state index in [0.717, 1.165) is 16.1 Å². The van der Waals surface area contributed by atoms with E-state index in [1.165, 1.54) is 18.4 Å². The van der Waals surface area contributed by atoms with Crippen molar-refractivity contribution in [2.24, 2.45) is 0 Å². The Bertz CT molecular complexity index is 1210. The first-order chi connectivity index (χ1) is 15.6. The molecule has 0 spiro atoms. The molecule has 4 rings (SSSR count). The number of nitrogens with one attached hydrogen (secondary N) is 2. The number of aromatic nitrogens is 3. The summed E-state index contributed by atoms with van der Waals surface area (Å²) >= 11 is 1.25. The van der Waals surface area contributed by atoms with Crippen LogP contribution in [0.15, 0.2) is 73.1 Å². The number of ether oxygens (including phenoxy) is 1. The van der Waals surface area contributed by atoms with Gasteiger partial charge in [0.1, 0.15) is 0 Å². The Morgan fingerprint density at radius 3 is 2.38 bits per heavy atom. The lowest BCUT2D eigenvalue weighted by molar-refractivity contribution is 0.0593. The Morgan fingerprint density at radius 1 is 0.969 bits per heavy atom. The van der Waals surface area contributed by atoms with Crippen LogP contribution >= 0.6 is 11.3 Å². The van der Waals surface area contributed by atoms with Crippen molar-refractivity contribution >= 4 is 40.0 Å². The molecule has 2 heterocycles. The molecule has 2 aromatic heterocycles. The number of nitrogens with zero attached hydrogens (tertiary/aromatic N) is 3. The van der Waals surface area contributed by atoms with E-state index in [2.05, 4.69) is 25.6 Å². The summed E-state index contributed by atoms with van der Waals surface area (Å²) in [5.74, 6) is -0.399. The van der Waals surface area contributed by atoms with E-state index in [4.69, 9.17) is 4.74 Å². The molecule has 0 bridgehead atoms. The van der Waals surface area contributed by atoms with Crippen molar-refractivity contribution in [3.63, 3.8) is 0 Å². The normalized spacial score (nSPS) is 10.4.